The van der Waals surface area contributed by atoms with Crippen molar-refractivity contribution in [3.05, 3.63) is 41.3 Å². The van der Waals surface area contributed by atoms with Crippen LogP contribution in [-0.2, 0) is 0 Å². The maximum Gasteiger partial charge on any atom is 0.322 e. The molecule has 0 saturated heterocycles. The molecule has 8 nitrogen and oxygen atoms in total. The lowest BCUT2D eigenvalue weighted by molar-refractivity contribution is 0.102. The van der Waals surface area contributed by atoms with Gasteiger partial charge in [-0.1, -0.05) is 5.10 Å². The summed E-state index contributed by atoms with van der Waals surface area (Å²) in [5.41, 5.74) is 1.10. The lowest BCUT2D eigenvalue weighted by Crippen LogP contribution is -2.12. The van der Waals surface area contributed by atoms with Gasteiger partial charge in [0.05, 0.1) is 5.56 Å². The largest absolute Gasteiger partial charge is 0.466 e. The summed E-state index contributed by atoms with van der Waals surface area (Å²) in [6.07, 6.45) is 0. The third kappa shape index (κ3) is 2.47. The Balaban J connectivity index is 1.53. The number of aromatic nitrogens is 2. The van der Waals surface area contributed by atoms with Gasteiger partial charge in [-0.25, -0.2) is 0 Å². The molecule has 8 heteroatoms. The van der Waals surface area contributed by atoms with Crippen molar-refractivity contribution in [3.63, 3.8) is 0 Å². The van der Waals surface area contributed by atoms with Crippen molar-refractivity contribution < 1.29 is 23.1 Å². The average Bonchev–Trinajstić information content (AvgIpc) is 3.26. The fourth-order valence-corrected chi connectivity index (χ4v) is 2.43. The van der Waals surface area contributed by atoms with E-state index in [2.05, 4.69) is 15.5 Å². The highest BCUT2D eigenvalue weighted by Crippen LogP contribution is 2.32. The Kier molecular flexibility index (Phi) is 3.23. The van der Waals surface area contributed by atoms with E-state index in [0.29, 0.717) is 28.4 Å². The van der Waals surface area contributed by atoms with Crippen LogP contribution in [0.25, 0.3) is 11.5 Å². The fourth-order valence-electron chi connectivity index (χ4n) is 2.43. The van der Waals surface area contributed by atoms with Gasteiger partial charge < -0.3 is 18.3 Å². The zero-order valence-electron chi connectivity index (χ0n) is 13.0. The molecule has 2 aromatic heterocycles. The predicted molar refractivity (Wildman–Crippen MR) is 82.0 cm³/mol. The van der Waals surface area contributed by atoms with Crippen molar-refractivity contribution in [2.75, 3.05) is 12.1 Å². The zero-order valence-corrected chi connectivity index (χ0v) is 13.0. The molecule has 1 aromatic carbocycles. The number of aryl methyl sites for hydroxylation is 2. The maximum atomic E-state index is 12.3. The molecular formula is C16H13N3O5. The van der Waals surface area contributed by atoms with E-state index >= 15 is 0 Å². The van der Waals surface area contributed by atoms with Gasteiger partial charge in [-0.2, -0.15) is 0 Å². The number of anilines is 1. The van der Waals surface area contributed by atoms with Crippen LogP contribution in [0.4, 0.5) is 6.01 Å². The van der Waals surface area contributed by atoms with Gasteiger partial charge in [-0.05, 0) is 38.1 Å². The number of furan rings is 1. The molecule has 0 aliphatic carbocycles. The molecule has 0 atom stereocenters. The van der Waals surface area contributed by atoms with Gasteiger partial charge in [-0.3, -0.25) is 10.1 Å². The molecule has 24 heavy (non-hydrogen) atoms. The number of benzene rings is 1. The summed E-state index contributed by atoms with van der Waals surface area (Å²) in [5.74, 6) is 2.45. The molecule has 3 heterocycles. The molecule has 0 unspecified atom stereocenters. The van der Waals surface area contributed by atoms with Crippen LogP contribution in [0, 0.1) is 13.8 Å². The third-order valence-corrected chi connectivity index (χ3v) is 3.55. The van der Waals surface area contributed by atoms with Crippen molar-refractivity contribution in [3.8, 4) is 23.0 Å². The lowest BCUT2D eigenvalue weighted by Gasteiger charge is -2.02. The Morgan fingerprint density at radius 2 is 1.92 bits per heavy atom. The van der Waals surface area contributed by atoms with Crippen LogP contribution in [0.3, 0.4) is 0 Å². The molecule has 1 amide bonds. The molecule has 122 valence electrons. The number of nitrogens with one attached hydrogen (secondary N) is 1. The Morgan fingerprint density at radius 1 is 1.08 bits per heavy atom. The van der Waals surface area contributed by atoms with Gasteiger partial charge >= 0.3 is 6.01 Å². The standard InChI is InChI=1S/C16H13N3O5/c1-8-5-11(9(2)23-8)15-18-19-16(24-15)17-14(20)10-3-4-12-13(6-10)22-7-21-12/h3-6H,7H2,1-2H3,(H,17,19,20). The van der Waals surface area contributed by atoms with Crippen molar-refractivity contribution in [2.24, 2.45) is 0 Å². The highest BCUT2D eigenvalue weighted by molar-refractivity contribution is 6.03. The summed E-state index contributed by atoms with van der Waals surface area (Å²) in [4.78, 5) is 12.3. The second kappa shape index (κ2) is 5.41. The first-order valence-corrected chi connectivity index (χ1v) is 7.22. The van der Waals surface area contributed by atoms with Gasteiger partial charge in [0, 0.05) is 5.56 Å². The normalized spacial score (nSPS) is 12.4. The number of hydrogen-bond acceptors (Lipinski definition) is 7. The number of hydrogen-bond donors (Lipinski definition) is 1. The zero-order chi connectivity index (χ0) is 16.7. The summed E-state index contributed by atoms with van der Waals surface area (Å²) < 4.78 is 21.4. The summed E-state index contributed by atoms with van der Waals surface area (Å²) in [5, 5.41) is 10.3. The van der Waals surface area contributed by atoms with E-state index in [9.17, 15) is 4.79 Å². The van der Waals surface area contributed by atoms with E-state index in [4.69, 9.17) is 18.3 Å². The molecule has 0 fully saturated rings. The first kappa shape index (κ1) is 14.3. The van der Waals surface area contributed by atoms with Crippen LogP contribution in [-0.4, -0.2) is 22.9 Å². The molecule has 1 N–H and O–H groups in total. The van der Waals surface area contributed by atoms with Gasteiger partial charge in [-0.15, -0.1) is 5.10 Å². The van der Waals surface area contributed by atoms with Crippen molar-refractivity contribution >= 4 is 11.9 Å². The van der Waals surface area contributed by atoms with Crippen molar-refractivity contribution in [1.82, 2.24) is 10.2 Å². The second-order valence-electron chi connectivity index (χ2n) is 5.26. The van der Waals surface area contributed by atoms with Gasteiger partial charge in [0.25, 0.3) is 11.8 Å². The van der Waals surface area contributed by atoms with Crippen LogP contribution in [0.5, 0.6) is 11.5 Å². The smallest absolute Gasteiger partial charge is 0.322 e. The Bertz CT molecular complexity index is 928. The quantitative estimate of drug-likeness (QED) is 0.789. The number of ether oxygens (including phenoxy) is 2. The van der Waals surface area contributed by atoms with Crippen molar-refractivity contribution in [2.45, 2.75) is 13.8 Å². The SMILES string of the molecule is Cc1cc(-c2nnc(NC(=O)c3ccc4c(c3)OCO4)o2)c(C)o1. The fraction of sp³-hybridized carbons (Fsp3) is 0.188. The van der Waals surface area contributed by atoms with Crippen LogP contribution < -0.4 is 14.8 Å². The predicted octanol–water partition coefficient (Wildman–Crippen LogP) is 2.93. The highest BCUT2D eigenvalue weighted by atomic mass is 16.7. The third-order valence-electron chi connectivity index (χ3n) is 3.55. The minimum atomic E-state index is -0.386. The Morgan fingerprint density at radius 3 is 2.71 bits per heavy atom. The van der Waals surface area contributed by atoms with Crippen molar-refractivity contribution in [1.29, 1.82) is 0 Å². The average molecular weight is 327 g/mol. The first-order chi connectivity index (χ1) is 11.6. The Labute approximate surface area is 136 Å². The maximum absolute atomic E-state index is 12.3. The number of fused-ring (bicyclic) bond motifs is 1. The van der Waals surface area contributed by atoms with E-state index < -0.39 is 0 Å². The summed E-state index contributed by atoms with van der Waals surface area (Å²) in [6.45, 7) is 3.78. The molecule has 0 saturated carbocycles. The summed E-state index contributed by atoms with van der Waals surface area (Å²) in [7, 11) is 0. The topological polar surface area (TPSA) is 99.6 Å². The molecule has 0 spiro atoms. The first-order valence-electron chi connectivity index (χ1n) is 7.22. The molecule has 3 aromatic rings. The number of nitrogens with zero attached hydrogens (tertiary/aromatic N) is 2. The highest BCUT2D eigenvalue weighted by Gasteiger charge is 2.19. The Hall–Kier alpha value is -3.29. The van der Waals surface area contributed by atoms with E-state index in [1.165, 1.54) is 0 Å². The van der Waals surface area contributed by atoms with Crippen LogP contribution >= 0.6 is 0 Å². The van der Waals surface area contributed by atoms with Crippen LogP contribution in [0.15, 0.2) is 33.1 Å². The monoisotopic (exact) mass is 327 g/mol. The number of rotatable bonds is 3. The van der Waals surface area contributed by atoms with Crippen LogP contribution in [0.2, 0.25) is 0 Å². The number of carbonyl (C=O) groups excluding carboxylic acids is 1. The minimum Gasteiger partial charge on any atom is -0.466 e. The number of amides is 1. The van der Waals surface area contributed by atoms with Gasteiger partial charge in [0.2, 0.25) is 6.79 Å². The summed E-state index contributed by atoms with van der Waals surface area (Å²) in [6, 6.07) is 6.70. The molecule has 1 aliphatic rings. The molecular weight excluding hydrogens is 314 g/mol. The van der Waals surface area contributed by atoms with Crippen LogP contribution in [0.1, 0.15) is 21.9 Å². The van der Waals surface area contributed by atoms with E-state index in [1.807, 2.05) is 6.92 Å². The minimum absolute atomic E-state index is 0.00548. The van der Waals surface area contributed by atoms with Gasteiger partial charge in [0.1, 0.15) is 11.5 Å². The second-order valence-corrected chi connectivity index (χ2v) is 5.26. The summed E-state index contributed by atoms with van der Waals surface area (Å²) >= 11 is 0. The molecule has 1 aliphatic heterocycles. The molecule has 0 bridgehead atoms. The van der Waals surface area contributed by atoms with E-state index in [0.717, 1.165) is 5.76 Å². The molecule has 4 rings (SSSR count). The number of carbonyl (C=O) groups is 1. The van der Waals surface area contributed by atoms with Gasteiger partial charge in [0.15, 0.2) is 11.5 Å². The molecule has 0 radical (unpaired) electrons. The van der Waals surface area contributed by atoms with E-state index in [-0.39, 0.29) is 24.6 Å². The van der Waals surface area contributed by atoms with E-state index in [1.54, 1.807) is 31.2 Å². The lowest BCUT2D eigenvalue weighted by atomic mass is 10.2.